The van der Waals surface area contributed by atoms with Crippen molar-refractivity contribution in [2.75, 3.05) is 13.1 Å². The third-order valence-electron chi connectivity index (χ3n) is 5.79. The van der Waals surface area contributed by atoms with Crippen LogP contribution in [0.25, 0.3) is 16.6 Å². The average molecular weight is 414 g/mol. The molecule has 1 aliphatic heterocycles. The number of likely N-dealkylation sites (tertiary alicyclic amines) is 1. The maximum absolute atomic E-state index is 13.0. The SMILES string of the molecule is O=C(c1cc(=O)n(-c2ccccc2)[nH]1)N1CC(O)C(Cc2ccc3ccccc3n2)C1. The van der Waals surface area contributed by atoms with Crippen LogP contribution < -0.4 is 5.56 Å². The third kappa shape index (κ3) is 3.75. The summed E-state index contributed by atoms with van der Waals surface area (Å²) >= 11 is 0. The summed E-state index contributed by atoms with van der Waals surface area (Å²) in [5.41, 5.74) is 2.38. The maximum atomic E-state index is 13.0. The van der Waals surface area contributed by atoms with Gasteiger partial charge < -0.3 is 10.0 Å². The minimum atomic E-state index is -0.639. The fourth-order valence-electron chi connectivity index (χ4n) is 4.16. The fourth-order valence-corrected chi connectivity index (χ4v) is 4.16. The van der Waals surface area contributed by atoms with Gasteiger partial charge in [-0.05, 0) is 30.7 Å². The zero-order chi connectivity index (χ0) is 21.4. The van der Waals surface area contributed by atoms with E-state index < -0.39 is 6.10 Å². The fraction of sp³-hybridized carbons (Fsp3) is 0.208. The topological polar surface area (TPSA) is 91.2 Å². The molecule has 5 rings (SSSR count). The number of β-amino-alcohol motifs (C(OH)–C–C–N with tert-alkyl or cyclic N) is 1. The van der Waals surface area contributed by atoms with Crippen LogP contribution in [0.3, 0.4) is 0 Å². The van der Waals surface area contributed by atoms with Crippen LogP contribution >= 0.6 is 0 Å². The van der Waals surface area contributed by atoms with Gasteiger partial charge in [0.1, 0.15) is 5.69 Å². The van der Waals surface area contributed by atoms with E-state index in [1.165, 1.54) is 10.7 Å². The number of hydrogen-bond donors (Lipinski definition) is 2. The number of H-pyrrole nitrogens is 1. The Morgan fingerprint density at radius 1 is 1.03 bits per heavy atom. The average Bonchev–Trinajstić information content (AvgIpc) is 3.36. The molecule has 0 spiro atoms. The smallest absolute Gasteiger partial charge is 0.272 e. The molecule has 4 aromatic rings. The maximum Gasteiger partial charge on any atom is 0.272 e. The molecule has 31 heavy (non-hydrogen) atoms. The summed E-state index contributed by atoms with van der Waals surface area (Å²) in [4.78, 5) is 31.6. The molecule has 1 aliphatic rings. The van der Waals surface area contributed by atoms with Crippen molar-refractivity contribution in [3.8, 4) is 5.69 Å². The number of hydrogen-bond acceptors (Lipinski definition) is 4. The van der Waals surface area contributed by atoms with Gasteiger partial charge in [0.05, 0.1) is 17.3 Å². The number of nitrogens with zero attached hydrogens (tertiary/aromatic N) is 3. The Kier molecular flexibility index (Phi) is 4.88. The van der Waals surface area contributed by atoms with Crippen LogP contribution in [0.5, 0.6) is 0 Å². The Balaban J connectivity index is 1.32. The van der Waals surface area contributed by atoms with Crippen LogP contribution in [0.2, 0.25) is 0 Å². The lowest BCUT2D eigenvalue weighted by atomic mass is 9.99. The highest BCUT2D eigenvalue weighted by atomic mass is 16.3. The molecule has 2 aromatic carbocycles. The number of para-hydroxylation sites is 2. The van der Waals surface area contributed by atoms with E-state index in [2.05, 4.69) is 10.1 Å². The number of rotatable bonds is 4. The lowest BCUT2D eigenvalue weighted by molar-refractivity contribution is 0.0758. The Labute approximate surface area is 178 Å². The molecule has 2 N–H and O–H groups in total. The first-order chi connectivity index (χ1) is 15.1. The van der Waals surface area contributed by atoms with Gasteiger partial charge in [0.25, 0.3) is 11.5 Å². The Bertz CT molecular complexity index is 1290. The molecular formula is C24H22N4O3. The number of carbonyl (C=O) groups excluding carboxylic acids is 1. The van der Waals surface area contributed by atoms with Gasteiger partial charge in [-0.25, -0.2) is 4.68 Å². The van der Waals surface area contributed by atoms with E-state index in [-0.39, 0.29) is 29.6 Å². The molecule has 0 aliphatic carbocycles. The molecule has 156 valence electrons. The largest absolute Gasteiger partial charge is 0.391 e. The van der Waals surface area contributed by atoms with Gasteiger partial charge in [-0.2, -0.15) is 0 Å². The van der Waals surface area contributed by atoms with E-state index in [1.807, 2.05) is 54.6 Å². The molecule has 1 saturated heterocycles. The summed E-state index contributed by atoms with van der Waals surface area (Å²) in [6.45, 7) is 0.642. The molecule has 0 radical (unpaired) electrons. The lowest BCUT2D eigenvalue weighted by Crippen LogP contribution is -2.30. The zero-order valence-corrected chi connectivity index (χ0v) is 16.8. The molecule has 1 fully saturated rings. The van der Waals surface area contributed by atoms with Gasteiger partial charge in [0.15, 0.2) is 0 Å². The summed E-state index contributed by atoms with van der Waals surface area (Å²) in [6, 6.07) is 22.3. The molecule has 2 aromatic heterocycles. The number of pyridine rings is 1. The summed E-state index contributed by atoms with van der Waals surface area (Å²) in [7, 11) is 0. The quantitative estimate of drug-likeness (QED) is 0.536. The van der Waals surface area contributed by atoms with Crippen molar-refractivity contribution in [2.24, 2.45) is 5.92 Å². The van der Waals surface area contributed by atoms with Gasteiger partial charge in [-0.1, -0.05) is 42.5 Å². The second-order valence-corrected chi connectivity index (χ2v) is 7.92. The summed E-state index contributed by atoms with van der Waals surface area (Å²) in [5, 5.41) is 14.5. The number of carbonyl (C=O) groups is 1. The normalized spacial score (nSPS) is 18.5. The molecule has 7 heteroatoms. The van der Waals surface area contributed by atoms with Crippen LogP contribution in [0.4, 0.5) is 0 Å². The van der Waals surface area contributed by atoms with Gasteiger partial charge in [-0.3, -0.25) is 19.7 Å². The predicted molar refractivity (Wildman–Crippen MR) is 117 cm³/mol. The van der Waals surface area contributed by atoms with E-state index in [0.29, 0.717) is 18.7 Å². The van der Waals surface area contributed by atoms with Crippen molar-refractivity contribution >= 4 is 16.8 Å². The number of fused-ring (bicyclic) bond motifs is 1. The second-order valence-electron chi connectivity index (χ2n) is 7.92. The van der Waals surface area contributed by atoms with Crippen LogP contribution in [-0.4, -0.2) is 49.9 Å². The minimum absolute atomic E-state index is 0.111. The Morgan fingerprint density at radius 3 is 2.65 bits per heavy atom. The van der Waals surface area contributed by atoms with Gasteiger partial charge in [0.2, 0.25) is 0 Å². The highest BCUT2D eigenvalue weighted by molar-refractivity contribution is 5.92. The zero-order valence-electron chi connectivity index (χ0n) is 16.8. The van der Waals surface area contributed by atoms with Crippen LogP contribution in [-0.2, 0) is 6.42 Å². The van der Waals surface area contributed by atoms with E-state index in [9.17, 15) is 14.7 Å². The van der Waals surface area contributed by atoms with Crippen LogP contribution in [0.1, 0.15) is 16.2 Å². The molecule has 2 atom stereocenters. The van der Waals surface area contributed by atoms with Gasteiger partial charge in [-0.15, -0.1) is 0 Å². The molecule has 2 unspecified atom stereocenters. The van der Waals surface area contributed by atoms with Crippen molar-refractivity contribution < 1.29 is 9.90 Å². The van der Waals surface area contributed by atoms with Crippen LogP contribution in [0.15, 0.2) is 77.6 Å². The van der Waals surface area contributed by atoms with Crippen molar-refractivity contribution in [2.45, 2.75) is 12.5 Å². The Hall–Kier alpha value is -3.71. The second kappa shape index (κ2) is 7.85. The first-order valence-corrected chi connectivity index (χ1v) is 10.3. The Morgan fingerprint density at radius 2 is 1.81 bits per heavy atom. The molecule has 0 bridgehead atoms. The number of nitrogens with one attached hydrogen (secondary N) is 1. The van der Waals surface area contributed by atoms with E-state index in [1.54, 1.807) is 17.0 Å². The predicted octanol–water partition coefficient (Wildman–Crippen LogP) is 2.39. The highest BCUT2D eigenvalue weighted by Crippen LogP contribution is 2.23. The highest BCUT2D eigenvalue weighted by Gasteiger charge is 2.35. The van der Waals surface area contributed by atoms with Crippen molar-refractivity contribution in [3.05, 3.63) is 94.5 Å². The molecule has 7 nitrogen and oxygen atoms in total. The van der Waals surface area contributed by atoms with E-state index in [0.717, 1.165) is 16.6 Å². The number of benzene rings is 2. The number of amides is 1. The summed E-state index contributed by atoms with van der Waals surface area (Å²) in [6.07, 6.45) is -0.0581. The molecule has 3 heterocycles. The first kappa shape index (κ1) is 19.3. The number of aliphatic hydroxyl groups is 1. The molecule has 1 amide bonds. The molecular weight excluding hydrogens is 392 g/mol. The standard InChI is InChI=1S/C24H22N4O3/c29-22-15-27(14-17(22)12-18-11-10-16-6-4-5-9-20(16)25-18)24(31)21-13-23(30)28(26-21)19-7-2-1-3-8-19/h1-11,13,17,22,26,29H,12,14-15H2. The van der Waals surface area contributed by atoms with E-state index >= 15 is 0 Å². The number of aromatic nitrogens is 3. The lowest BCUT2D eigenvalue weighted by Gasteiger charge is -2.15. The number of aliphatic hydroxyl groups excluding tert-OH is 1. The third-order valence-corrected chi connectivity index (χ3v) is 5.79. The van der Waals surface area contributed by atoms with Gasteiger partial charge >= 0.3 is 0 Å². The summed E-state index contributed by atoms with van der Waals surface area (Å²) < 4.78 is 1.34. The van der Waals surface area contributed by atoms with Crippen molar-refractivity contribution in [3.63, 3.8) is 0 Å². The monoisotopic (exact) mass is 414 g/mol. The summed E-state index contributed by atoms with van der Waals surface area (Å²) in [5.74, 6) is -0.402. The van der Waals surface area contributed by atoms with Crippen LogP contribution in [0, 0.1) is 5.92 Å². The van der Waals surface area contributed by atoms with Crippen molar-refractivity contribution in [1.29, 1.82) is 0 Å². The van der Waals surface area contributed by atoms with Gasteiger partial charge in [0, 0.05) is 36.2 Å². The van der Waals surface area contributed by atoms with Crippen molar-refractivity contribution in [1.82, 2.24) is 19.7 Å². The number of aromatic amines is 1. The first-order valence-electron chi connectivity index (χ1n) is 10.3. The van der Waals surface area contributed by atoms with E-state index in [4.69, 9.17) is 0 Å². The minimum Gasteiger partial charge on any atom is -0.391 e. The molecule has 0 saturated carbocycles.